The van der Waals surface area contributed by atoms with Crippen LogP contribution >= 0.6 is 11.3 Å². The summed E-state index contributed by atoms with van der Waals surface area (Å²) in [4.78, 5) is 41.2. The van der Waals surface area contributed by atoms with Gasteiger partial charge in [0, 0.05) is 16.1 Å². The van der Waals surface area contributed by atoms with Gasteiger partial charge in [-0.15, -0.1) is 11.3 Å². The second-order valence-electron chi connectivity index (χ2n) is 6.16. The molecule has 6 heteroatoms. The fourth-order valence-corrected chi connectivity index (χ4v) is 3.97. The summed E-state index contributed by atoms with van der Waals surface area (Å²) >= 11 is 1.39. The predicted octanol–water partition coefficient (Wildman–Crippen LogP) is 4.19. The van der Waals surface area contributed by atoms with E-state index in [1.807, 2.05) is 13.8 Å². The highest BCUT2D eigenvalue weighted by atomic mass is 32.1. The number of aromatic amines is 1. The Bertz CT molecular complexity index is 844. The Morgan fingerprint density at radius 2 is 1.88 bits per heavy atom. The number of nitrogens with one attached hydrogen (secondary N) is 1. The number of rotatable bonds is 6. The first-order valence-electron chi connectivity index (χ1n) is 8.21. The second-order valence-corrected chi connectivity index (χ2v) is 7.30. The number of thiophene rings is 1. The molecule has 0 aliphatic rings. The average molecular weight is 361 g/mol. The number of carbonyl (C=O) groups excluding carboxylic acids is 3. The number of aryl methyl sites for hydroxylation is 3. The van der Waals surface area contributed by atoms with Crippen LogP contribution in [0.1, 0.15) is 73.0 Å². The molecule has 0 saturated carbocycles. The van der Waals surface area contributed by atoms with Gasteiger partial charge in [-0.25, -0.2) is 4.79 Å². The Morgan fingerprint density at radius 3 is 2.36 bits per heavy atom. The summed E-state index contributed by atoms with van der Waals surface area (Å²) in [5, 5.41) is 0. The van der Waals surface area contributed by atoms with E-state index in [1.54, 1.807) is 26.8 Å². The van der Waals surface area contributed by atoms with Gasteiger partial charge in [0.25, 0.3) is 0 Å². The number of hydrogen-bond acceptors (Lipinski definition) is 5. The second kappa shape index (κ2) is 7.35. The molecule has 2 aromatic heterocycles. The molecule has 0 spiro atoms. The van der Waals surface area contributed by atoms with Crippen molar-refractivity contribution < 1.29 is 19.1 Å². The average Bonchev–Trinajstić information content (AvgIpc) is 3.05. The number of H-pyrrole nitrogens is 1. The molecule has 1 unspecified atom stereocenters. The van der Waals surface area contributed by atoms with Crippen LogP contribution in [0.15, 0.2) is 6.07 Å². The van der Waals surface area contributed by atoms with Crippen molar-refractivity contribution >= 4 is 28.9 Å². The first kappa shape index (κ1) is 19.1. The lowest BCUT2D eigenvalue weighted by atomic mass is 10.0. The number of aromatic nitrogens is 1. The smallest absolute Gasteiger partial charge is 0.349 e. The van der Waals surface area contributed by atoms with E-state index in [0.29, 0.717) is 27.4 Å². The monoisotopic (exact) mass is 361 g/mol. The number of esters is 1. The zero-order valence-corrected chi connectivity index (χ0v) is 16.2. The molecule has 0 bridgehead atoms. The Hall–Kier alpha value is -2.21. The lowest BCUT2D eigenvalue weighted by Gasteiger charge is -2.11. The standard InChI is InChI=1S/C19H23NO4S/c1-7-14-9(2)8-15(25-14)19(23)24-13(6)18(22)17-10(3)16(12(5)21)11(4)20-17/h8,13,20H,7H2,1-6H3. The van der Waals surface area contributed by atoms with Crippen molar-refractivity contribution in [3.05, 3.63) is 43.9 Å². The molecule has 0 saturated heterocycles. The highest BCUT2D eigenvalue weighted by Gasteiger charge is 2.26. The number of carbonyl (C=O) groups is 3. The quantitative estimate of drug-likeness (QED) is 0.618. The topological polar surface area (TPSA) is 76.2 Å². The van der Waals surface area contributed by atoms with Gasteiger partial charge in [-0.3, -0.25) is 9.59 Å². The highest BCUT2D eigenvalue weighted by molar-refractivity contribution is 7.14. The van der Waals surface area contributed by atoms with Crippen LogP contribution in [-0.4, -0.2) is 28.6 Å². The van der Waals surface area contributed by atoms with E-state index in [2.05, 4.69) is 4.98 Å². The van der Waals surface area contributed by atoms with Crippen molar-refractivity contribution in [2.75, 3.05) is 0 Å². The summed E-state index contributed by atoms with van der Waals surface area (Å²) < 4.78 is 5.35. The molecule has 0 fully saturated rings. The summed E-state index contributed by atoms with van der Waals surface area (Å²) in [7, 11) is 0. The molecule has 25 heavy (non-hydrogen) atoms. The van der Waals surface area contributed by atoms with Crippen LogP contribution in [-0.2, 0) is 11.2 Å². The van der Waals surface area contributed by atoms with Crippen molar-refractivity contribution in [3.8, 4) is 0 Å². The van der Waals surface area contributed by atoms with Crippen molar-refractivity contribution in [3.63, 3.8) is 0 Å². The third-order valence-electron chi connectivity index (χ3n) is 4.23. The van der Waals surface area contributed by atoms with Gasteiger partial charge in [0.1, 0.15) is 4.88 Å². The van der Waals surface area contributed by atoms with Crippen LogP contribution in [0.4, 0.5) is 0 Å². The third kappa shape index (κ3) is 3.74. The highest BCUT2D eigenvalue weighted by Crippen LogP contribution is 2.24. The molecular formula is C19H23NO4S. The summed E-state index contributed by atoms with van der Waals surface area (Å²) in [6, 6.07) is 1.79. The Balaban J connectivity index is 2.19. The zero-order valence-electron chi connectivity index (χ0n) is 15.4. The minimum Gasteiger partial charge on any atom is -0.450 e. The lowest BCUT2D eigenvalue weighted by Crippen LogP contribution is -2.25. The number of hydrogen-bond donors (Lipinski definition) is 1. The summed E-state index contributed by atoms with van der Waals surface area (Å²) in [5.74, 6) is -0.942. The molecule has 2 aromatic rings. The van der Waals surface area contributed by atoms with Gasteiger partial charge in [-0.2, -0.15) is 0 Å². The minimum absolute atomic E-state index is 0.101. The van der Waals surface area contributed by atoms with E-state index in [0.717, 1.165) is 16.9 Å². The maximum atomic E-state index is 12.6. The van der Waals surface area contributed by atoms with Crippen molar-refractivity contribution in [1.82, 2.24) is 4.98 Å². The molecule has 5 nitrogen and oxygen atoms in total. The minimum atomic E-state index is -0.934. The van der Waals surface area contributed by atoms with E-state index in [4.69, 9.17) is 4.74 Å². The molecule has 1 atom stereocenters. The van der Waals surface area contributed by atoms with Gasteiger partial charge in [-0.05, 0) is 58.2 Å². The van der Waals surface area contributed by atoms with E-state index < -0.39 is 12.1 Å². The van der Waals surface area contributed by atoms with Crippen LogP contribution in [0.2, 0.25) is 0 Å². The Kier molecular flexibility index (Phi) is 5.62. The van der Waals surface area contributed by atoms with E-state index in [9.17, 15) is 14.4 Å². The summed E-state index contributed by atoms with van der Waals surface area (Å²) in [6.45, 7) is 10.5. The molecule has 0 radical (unpaired) electrons. The van der Waals surface area contributed by atoms with Crippen LogP contribution in [0.5, 0.6) is 0 Å². The van der Waals surface area contributed by atoms with Gasteiger partial charge in [0.05, 0.1) is 5.69 Å². The van der Waals surface area contributed by atoms with E-state index in [-0.39, 0.29) is 11.6 Å². The maximum absolute atomic E-state index is 12.6. The Labute approximate surface area is 151 Å². The Morgan fingerprint density at radius 1 is 1.24 bits per heavy atom. The third-order valence-corrected chi connectivity index (χ3v) is 5.59. The SMILES string of the molecule is CCc1sc(C(=O)OC(C)C(=O)c2[nH]c(C)c(C(C)=O)c2C)cc1C. The van der Waals surface area contributed by atoms with E-state index >= 15 is 0 Å². The lowest BCUT2D eigenvalue weighted by molar-refractivity contribution is 0.0321. The van der Waals surface area contributed by atoms with Crippen molar-refractivity contribution in [2.45, 2.75) is 54.1 Å². The van der Waals surface area contributed by atoms with Crippen LogP contribution in [0.3, 0.4) is 0 Å². The number of ketones is 2. The molecule has 0 aliphatic heterocycles. The largest absolute Gasteiger partial charge is 0.450 e. The van der Waals surface area contributed by atoms with Crippen molar-refractivity contribution in [1.29, 1.82) is 0 Å². The number of ether oxygens (including phenoxy) is 1. The van der Waals surface area contributed by atoms with Crippen LogP contribution < -0.4 is 0 Å². The van der Waals surface area contributed by atoms with Gasteiger partial charge in [0.15, 0.2) is 11.9 Å². The van der Waals surface area contributed by atoms with Crippen LogP contribution in [0, 0.1) is 20.8 Å². The molecular weight excluding hydrogens is 338 g/mol. The molecule has 2 heterocycles. The first-order chi connectivity index (χ1) is 11.7. The fraction of sp³-hybridized carbons (Fsp3) is 0.421. The van der Waals surface area contributed by atoms with Gasteiger partial charge in [-0.1, -0.05) is 6.92 Å². The zero-order chi connectivity index (χ0) is 18.9. The molecule has 0 aromatic carbocycles. The van der Waals surface area contributed by atoms with E-state index in [1.165, 1.54) is 18.3 Å². The summed E-state index contributed by atoms with van der Waals surface area (Å²) in [5.41, 5.74) is 3.13. The van der Waals surface area contributed by atoms with Gasteiger partial charge >= 0.3 is 5.97 Å². The molecule has 1 N–H and O–H groups in total. The van der Waals surface area contributed by atoms with Gasteiger partial charge < -0.3 is 9.72 Å². The normalized spacial score (nSPS) is 12.1. The summed E-state index contributed by atoms with van der Waals surface area (Å²) in [6.07, 6.45) is -0.0796. The van der Waals surface area contributed by atoms with Crippen LogP contribution in [0.25, 0.3) is 0 Å². The predicted molar refractivity (Wildman–Crippen MR) is 97.9 cm³/mol. The fourth-order valence-electron chi connectivity index (χ4n) is 2.97. The molecule has 2 rings (SSSR count). The number of Topliss-reactive ketones (excluding diaryl/α,β-unsaturated/α-hetero) is 2. The maximum Gasteiger partial charge on any atom is 0.349 e. The molecule has 0 amide bonds. The van der Waals surface area contributed by atoms with Gasteiger partial charge in [0.2, 0.25) is 5.78 Å². The molecule has 0 aliphatic carbocycles. The van der Waals surface area contributed by atoms with Crippen molar-refractivity contribution in [2.24, 2.45) is 0 Å². The molecule has 134 valence electrons. The first-order valence-corrected chi connectivity index (χ1v) is 9.03.